The normalized spacial score (nSPS) is 21.1. The van der Waals surface area contributed by atoms with Gasteiger partial charge in [0.1, 0.15) is 12.6 Å². The Morgan fingerprint density at radius 2 is 1.88 bits per heavy atom. The first-order chi connectivity index (χ1) is 12.1. The second-order valence-electron chi connectivity index (χ2n) is 6.89. The number of esters is 1. The number of carbonyl (C=O) groups is 2. The van der Waals surface area contributed by atoms with E-state index in [4.69, 9.17) is 9.47 Å². The highest BCUT2D eigenvalue weighted by Crippen LogP contribution is 2.42. The van der Waals surface area contributed by atoms with Gasteiger partial charge in [-0.3, -0.25) is 4.90 Å². The first kappa shape index (κ1) is 20.6. The van der Waals surface area contributed by atoms with Crippen LogP contribution in [0.3, 0.4) is 0 Å². The molecule has 0 saturated carbocycles. The molecule has 1 amide bonds. The molecule has 144 valence electrons. The van der Waals surface area contributed by atoms with Gasteiger partial charge in [0, 0.05) is 6.54 Å². The molecule has 0 bridgehead atoms. The number of ether oxygens (including phenoxy) is 2. The Labute approximate surface area is 161 Å². The Kier molecular flexibility index (Phi) is 7.34. The van der Waals surface area contributed by atoms with Crippen LogP contribution >= 0.6 is 13.5 Å². The largest absolute Gasteiger partial charge is 0.464 e. The third-order valence-corrected chi connectivity index (χ3v) is 5.17. The molecule has 2 saturated heterocycles. The zero-order valence-electron chi connectivity index (χ0n) is 15.2. The maximum Gasteiger partial charge on any atom is 0.410 e. The summed E-state index contributed by atoms with van der Waals surface area (Å²) < 4.78 is 10.7. The van der Waals surface area contributed by atoms with Crippen molar-refractivity contribution in [3.8, 4) is 0 Å². The molecule has 26 heavy (non-hydrogen) atoms. The Morgan fingerprint density at radius 1 is 1.19 bits per heavy atom. The predicted molar refractivity (Wildman–Crippen MR) is 103 cm³/mol. The molecule has 3 rings (SSSR count). The van der Waals surface area contributed by atoms with Gasteiger partial charge >= 0.3 is 12.1 Å². The number of hydrogen-bond donors (Lipinski definition) is 1. The van der Waals surface area contributed by atoms with Gasteiger partial charge in [-0.1, -0.05) is 30.3 Å². The second-order valence-corrected chi connectivity index (χ2v) is 6.89. The minimum Gasteiger partial charge on any atom is -0.464 e. The number of carbonyl (C=O) groups excluding carboxylic acids is 2. The zero-order valence-corrected chi connectivity index (χ0v) is 16.2. The molecule has 0 aromatic heterocycles. The molecule has 1 N–H and O–H groups in total. The van der Waals surface area contributed by atoms with E-state index in [2.05, 4.69) is 5.32 Å². The number of nitrogens with one attached hydrogen (secondary N) is 1. The van der Waals surface area contributed by atoms with Crippen LogP contribution < -0.4 is 5.32 Å². The van der Waals surface area contributed by atoms with Crippen molar-refractivity contribution in [2.24, 2.45) is 5.41 Å². The summed E-state index contributed by atoms with van der Waals surface area (Å²) in [5, 5.41) is 3.34. The van der Waals surface area contributed by atoms with Gasteiger partial charge in [0.15, 0.2) is 0 Å². The Morgan fingerprint density at radius 3 is 2.54 bits per heavy atom. The van der Waals surface area contributed by atoms with Crippen LogP contribution in [-0.4, -0.2) is 49.2 Å². The smallest absolute Gasteiger partial charge is 0.410 e. The summed E-state index contributed by atoms with van der Waals surface area (Å²) in [6.07, 6.45) is 2.15. The standard InChI is InChI=1S/C19H26N2O4.H2S/c1-2-24-17(22)16-12-19(8-10-20-11-9-19)14-21(16)18(23)25-13-15-6-4-3-5-7-15;/h3-7,16,20H,2,8-14H2,1H3;1H2/t16-;/m0./s1. The van der Waals surface area contributed by atoms with Crippen molar-refractivity contribution in [3.63, 3.8) is 0 Å². The lowest BCUT2D eigenvalue weighted by Gasteiger charge is -2.33. The predicted octanol–water partition coefficient (Wildman–Crippen LogP) is 2.44. The minimum absolute atomic E-state index is 0. The molecule has 7 heteroatoms. The van der Waals surface area contributed by atoms with Gasteiger partial charge in [-0.2, -0.15) is 13.5 Å². The molecule has 2 heterocycles. The number of benzene rings is 1. The highest BCUT2D eigenvalue weighted by Gasteiger charge is 2.50. The summed E-state index contributed by atoms with van der Waals surface area (Å²) in [5.41, 5.74) is 0.924. The first-order valence-electron chi connectivity index (χ1n) is 8.98. The van der Waals surface area contributed by atoms with Crippen LogP contribution in [-0.2, 0) is 20.9 Å². The maximum absolute atomic E-state index is 12.6. The average molecular weight is 381 g/mol. The molecule has 2 aliphatic rings. The summed E-state index contributed by atoms with van der Waals surface area (Å²) in [7, 11) is 0. The average Bonchev–Trinajstić information content (AvgIpc) is 3.00. The van der Waals surface area contributed by atoms with Crippen LogP contribution in [0.4, 0.5) is 4.79 Å². The van der Waals surface area contributed by atoms with Crippen molar-refractivity contribution in [1.29, 1.82) is 0 Å². The quantitative estimate of drug-likeness (QED) is 0.813. The Bertz CT molecular complexity index is 605. The number of piperidine rings is 1. The van der Waals surface area contributed by atoms with Gasteiger partial charge in [-0.05, 0) is 50.3 Å². The van der Waals surface area contributed by atoms with Gasteiger partial charge in [0.25, 0.3) is 0 Å². The van der Waals surface area contributed by atoms with E-state index in [1.807, 2.05) is 30.3 Å². The third-order valence-electron chi connectivity index (χ3n) is 5.17. The molecule has 1 aromatic rings. The third kappa shape index (κ3) is 4.71. The molecule has 1 atom stereocenters. The number of amides is 1. The summed E-state index contributed by atoms with van der Waals surface area (Å²) >= 11 is 0. The molecule has 0 unspecified atom stereocenters. The fourth-order valence-corrected chi connectivity index (χ4v) is 3.82. The van der Waals surface area contributed by atoms with Gasteiger partial charge in [0.2, 0.25) is 0 Å². The molecule has 0 radical (unpaired) electrons. The first-order valence-corrected chi connectivity index (χ1v) is 8.98. The molecular weight excluding hydrogens is 352 g/mol. The molecule has 0 aliphatic carbocycles. The van der Waals surface area contributed by atoms with Crippen LogP contribution in [0.5, 0.6) is 0 Å². The molecule has 1 aromatic carbocycles. The van der Waals surface area contributed by atoms with Gasteiger partial charge in [0.05, 0.1) is 6.61 Å². The minimum atomic E-state index is -0.540. The van der Waals surface area contributed by atoms with Crippen molar-refractivity contribution in [3.05, 3.63) is 35.9 Å². The zero-order chi connectivity index (χ0) is 17.7. The van der Waals surface area contributed by atoms with E-state index in [1.165, 1.54) is 0 Å². The molecule has 2 fully saturated rings. The van der Waals surface area contributed by atoms with Crippen LogP contribution in [0.15, 0.2) is 30.3 Å². The second kappa shape index (κ2) is 9.28. The number of likely N-dealkylation sites (tertiary alicyclic amines) is 1. The molecular formula is C19H28N2O4S. The SMILES string of the molecule is CCOC(=O)[C@@H]1CC2(CCNCC2)CN1C(=O)OCc1ccccc1.S. The van der Waals surface area contributed by atoms with Crippen molar-refractivity contribution < 1.29 is 19.1 Å². The summed E-state index contributed by atoms with van der Waals surface area (Å²) in [4.78, 5) is 26.6. The highest BCUT2D eigenvalue weighted by molar-refractivity contribution is 7.59. The lowest BCUT2D eigenvalue weighted by atomic mass is 9.77. The van der Waals surface area contributed by atoms with Crippen LogP contribution in [0.1, 0.15) is 31.7 Å². The van der Waals surface area contributed by atoms with E-state index >= 15 is 0 Å². The monoisotopic (exact) mass is 380 g/mol. The van der Waals surface area contributed by atoms with Crippen LogP contribution in [0.2, 0.25) is 0 Å². The summed E-state index contributed by atoms with van der Waals surface area (Å²) in [6.45, 7) is 4.71. The van der Waals surface area contributed by atoms with E-state index in [0.717, 1.165) is 31.5 Å². The fraction of sp³-hybridized carbons (Fsp3) is 0.579. The number of nitrogens with zero attached hydrogens (tertiary/aromatic N) is 1. The number of rotatable bonds is 4. The van der Waals surface area contributed by atoms with Crippen LogP contribution in [0, 0.1) is 5.41 Å². The van der Waals surface area contributed by atoms with E-state index in [0.29, 0.717) is 19.6 Å². The van der Waals surface area contributed by atoms with E-state index < -0.39 is 12.1 Å². The lowest BCUT2D eigenvalue weighted by Crippen LogP contribution is -2.42. The fourth-order valence-electron chi connectivity index (χ4n) is 3.82. The summed E-state index contributed by atoms with van der Waals surface area (Å²) in [5.74, 6) is -0.324. The van der Waals surface area contributed by atoms with Gasteiger partial charge in [-0.15, -0.1) is 0 Å². The maximum atomic E-state index is 12.6. The Hall–Kier alpha value is -1.73. The van der Waals surface area contributed by atoms with Crippen molar-refractivity contribution in [1.82, 2.24) is 10.2 Å². The van der Waals surface area contributed by atoms with Gasteiger partial charge in [-0.25, -0.2) is 9.59 Å². The van der Waals surface area contributed by atoms with Crippen LogP contribution in [0.25, 0.3) is 0 Å². The lowest BCUT2D eigenvalue weighted by molar-refractivity contribution is -0.148. The Balaban J connectivity index is 0.00000243. The van der Waals surface area contributed by atoms with E-state index in [-0.39, 0.29) is 31.5 Å². The molecule has 1 spiro atoms. The summed E-state index contributed by atoms with van der Waals surface area (Å²) in [6, 6.07) is 9.02. The van der Waals surface area contributed by atoms with E-state index in [1.54, 1.807) is 11.8 Å². The molecule has 6 nitrogen and oxygen atoms in total. The van der Waals surface area contributed by atoms with Crippen molar-refractivity contribution in [2.75, 3.05) is 26.2 Å². The topological polar surface area (TPSA) is 67.9 Å². The molecule has 2 aliphatic heterocycles. The van der Waals surface area contributed by atoms with Gasteiger partial charge < -0.3 is 14.8 Å². The van der Waals surface area contributed by atoms with E-state index in [9.17, 15) is 9.59 Å². The highest BCUT2D eigenvalue weighted by atomic mass is 32.1. The number of hydrogen-bond acceptors (Lipinski definition) is 5. The van der Waals surface area contributed by atoms with Crippen molar-refractivity contribution in [2.45, 2.75) is 38.8 Å². The van der Waals surface area contributed by atoms with Crippen molar-refractivity contribution >= 4 is 25.6 Å².